The first-order chi connectivity index (χ1) is 15.0. The minimum atomic E-state index is -0.298. The Morgan fingerprint density at radius 1 is 1.16 bits per heavy atom. The van der Waals surface area contributed by atoms with E-state index in [0.29, 0.717) is 29.1 Å². The summed E-state index contributed by atoms with van der Waals surface area (Å²) in [6.07, 6.45) is 3.67. The lowest BCUT2D eigenvalue weighted by Crippen LogP contribution is -2.37. The van der Waals surface area contributed by atoms with Gasteiger partial charge in [-0.1, -0.05) is 36.4 Å². The predicted octanol–water partition coefficient (Wildman–Crippen LogP) is 3.69. The molecule has 0 bridgehead atoms. The molecule has 1 aliphatic carbocycles. The van der Waals surface area contributed by atoms with Crippen LogP contribution in [0.2, 0.25) is 0 Å². The molecule has 31 heavy (non-hydrogen) atoms. The van der Waals surface area contributed by atoms with Crippen molar-refractivity contribution in [3.05, 3.63) is 42.1 Å². The molecule has 2 aromatic heterocycles. The first kappa shape index (κ1) is 20.1. The number of benzene rings is 1. The molecule has 3 heterocycles. The zero-order valence-electron chi connectivity index (χ0n) is 18.0. The summed E-state index contributed by atoms with van der Waals surface area (Å²) in [5, 5.41) is 12.7. The molecule has 1 aliphatic heterocycles. The fourth-order valence-corrected chi connectivity index (χ4v) is 4.90. The largest absolute Gasteiger partial charge is 0.379 e. The number of nitrogens with zero attached hydrogens (tertiary/aromatic N) is 6. The van der Waals surface area contributed by atoms with Gasteiger partial charge in [0.05, 0.1) is 18.3 Å². The van der Waals surface area contributed by atoms with Crippen molar-refractivity contribution < 1.29 is 13.7 Å². The highest BCUT2D eigenvalue weighted by atomic mass is 19.1. The average molecular weight is 426 g/mol. The van der Waals surface area contributed by atoms with Crippen molar-refractivity contribution in [3.8, 4) is 11.3 Å². The van der Waals surface area contributed by atoms with E-state index >= 15 is 0 Å². The van der Waals surface area contributed by atoms with Crippen molar-refractivity contribution in [1.82, 2.24) is 25.1 Å². The van der Waals surface area contributed by atoms with Crippen molar-refractivity contribution in [2.75, 3.05) is 25.1 Å². The lowest BCUT2D eigenvalue weighted by molar-refractivity contribution is -0.00541. The van der Waals surface area contributed by atoms with Crippen LogP contribution in [0.25, 0.3) is 11.3 Å². The molecule has 3 aromatic rings. The van der Waals surface area contributed by atoms with E-state index in [2.05, 4.69) is 39.2 Å². The molecule has 1 saturated heterocycles. The van der Waals surface area contributed by atoms with E-state index in [0.717, 1.165) is 31.8 Å². The first-order valence-electron chi connectivity index (χ1n) is 10.8. The number of ether oxygens (including phenoxy) is 1. The van der Waals surface area contributed by atoms with E-state index in [1.807, 2.05) is 10.9 Å². The van der Waals surface area contributed by atoms with Crippen LogP contribution in [-0.4, -0.2) is 51.4 Å². The van der Waals surface area contributed by atoms with Gasteiger partial charge in [0.25, 0.3) is 0 Å². The maximum atomic E-state index is 14.2. The van der Waals surface area contributed by atoms with E-state index in [1.54, 1.807) is 25.3 Å². The fraction of sp³-hybridized carbons (Fsp3) is 0.545. The van der Waals surface area contributed by atoms with Crippen molar-refractivity contribution in [2.45, 2.75) is 44.8 Å². The summed E-state index contributed by atoms with van der Waals surface area (Å²) in [6.45, 7) is 5.86. The number of halogens is 1. The summed E-state index contributed by atoms with van der Waals surface area (Å²) < 4.78 is 27.4. The number of methoxy groups -OCH3 is 1. The monoisotopic (exact) mass is 426 g/mol. The first-order valence-corrected chi connectivity index (χ1v) is 10.8. The van der Waals surface area contributed by atoms with Gasteiger partial charge in [-0.3, -0.25) is 0 Å². The molecular formula is C22H27FN6O2. The van der Waals surface area contributed by atoms with Crippen molar-refractivity contribution in [1.29, 1.82) is 0 Å². The third kappa shape index (κ3) is 3.71. The molecule has 8 nitrogen and oxygen atoms in total. The molecule has 4 atom stereocenters. The lowest BCUT2D eigenvalue weighted by Gasteiger charge is -2.36. The van der Waals surface area contributed by atoms with Crippen LogP contribution in [0.1, 0.15) is 44.5 Å². The van der Waals surface area contributed by atoms with Gasteiger partial charge < -0.3 is 14.2 Å². The van der Waals surface area contributed by atoms with Crippen LogP contribution in [0.3, 0.4) is 0 Å². The molecule has 0 N–H and O–H groups in total. The van der Waals surface area contributed by atoms with Crippen LogP contribution < -0.4 is 4.90 Å². The maximum absolute atomic E-state index is 14.2. The standard InChI is InChI=1S/C22H27FN6O2/c1-13(2)21-24-22(31-26-21)28-10-14-8-19(20(30-3)9-15(14)11-28)29-12-18(25-27-29)16-6-4-5-7-17(16)23/h4-7,12-15,19-20H,8-11H2,1-3H3/t14-,15+,19-,20-/m1/s1. The van der Waals surface area contributed by atoms with Crippen molar-refractivity contribution in [2.24, 2.45) is 11.8 Å². The summed E-state index contributed by atoms with van der Waals surface area (Å²) in [4.78, 5) is 6.75. The third-order valence-electron chi connectivity index (χ3n) is 6.61. The van der Waals surface area contributed by atoms with Gasteiger partial charge in [0.15, 0.2) is 5.82 Å². The molecule has 0 amide bonds. The van der Waals surface area contributed by atoms with Crippen molar-refractivity contribution >= 4 is 6.01 Å². The average Bonchev–Trinajstić information content (AvgIpc) is 3.51. The number of rotatable bonds is 5. The van der Waals surface area contributed by atoms with Gasteiger partial charge in [0.2, 0.25) is 0 Å². The molecular weight excluding hydrogens is 399 g/mol. The summed E-state index contributed by atoms with van der Waals surface area (Å²) >= 11 is 0. The highest BCUT2D eigenvalue weighted by Crippen LogP contribution is 2.43. The molecule has 2 aliphatic rings. The quantitative estimate of drug-likeness (QED) is 0.615. The van der Waals surface area contributed by atoms with Crippen LogP contribution in [0.5, 0.6) is 0 Å². The second-order valence-electron chi connectivity index (χ2n) is 8.89. The topological polar surface area (TPSA) is 82.1 Å². The van der Waals surface area contributed by atoms with Gasteiger partial charge in [0.1, 0.15) is 11.5 Å². The summed E-state index contributed by atoms with van der Waals surface area (Å²) in [7, 11) is 1.74. The molecule has 0 spiro atoms. The fourth-order valence-electron chi connectivity index (χ4n) is 4.90. The minimum absolute atomic E-state index is 0.0188. The Morgan fingerprint density at radius 2 is 1.94 bits per heavy atom. The number of hydrogen-bond donors (Lipinski definition) is 0. The van der Waals surface area contributed by atoms with E-state index in [4.69, 9.17) is 9.26 Å². The highest BCUT2D eigenvalue weighted by Gasteiger charge is 2.44. The van der Waals surface area contributed by atoms with Gasteiger partial charge in [-0.15, -0.1) is 5.10 Å². The Balaban J connectivity index is 1.34. The normalized spacial score (nSPS) is 25.9. The number of aromatic nitrogens is 5. The Labute approximate surface area is 180 Å². The van der Waals surface area contributed by atoms with Gasteiger partial charge in [-0.25, -0.2) is 9.07 Å². The molecule has 2 fully saturated rings. The van der Waals surface area contributed by atoms with Gasteiger partial charge >= 0.3 is 6.01 Å². The van der Waals surface area contributed by atoms with Crippen LogP contribution in [0.4, 0.5) is 10.4 Å². The molecule has 5 rings (SSSR count). The zero-order valence-corrected chi connectivity index (χ0v) is 18.0. The predicted molar refractivity (Wildman–Crippen MR) is 112 cm³/mol. The number of hydrogen-bond acceptors (Lipinski definition) is 7. The third-order valence-corrected chi connectivity index (χ3v) is 6.61. The van der Waals surface area contributed by atoms with Gasteiger partial charge in [-0.05, 0) is 36.8 Å². The summed E-state index contributed by atoms with van der Waals surface area (Å²) in [5.74, 6) is 1.63. The van der Waals surface area contributed by atoms with Gasteiger partial charge in [0, 0.05) is 31.7 Å². The second kappa shape index (κ2) is 8.03. The Kier molecular flexibility index (Phi) is 5.21. The Hall–Kier alpha value is -2.81. The Bertz CT molecular complexity index is 1050. The summed E-state index contributed by atoms with van der Waals surface area (Å²) in [6, 6.07) is 7.28. The molecule has 1 aromatic carbocycles. The molecule has 164 valence electrons. The smallest absolute Gasteiger partial charge is 0.324 e. The van der Waals surface area contributed by atoms with E-state index in [1.165, 1.54) is 6.07 Å². The van der Waals surface area contributed by atoms with E-state index < -0.39 is 0 Å². The Morgan fingerprint density at radius 3 is 2.65 bits per heavy atom. The maximum Gasteiger partial charge on any atom is 0.324 e. The zero-order chi connectivity index (χ0) is 21.5. The van der Waals surface area contributed by atoms with Crippen LogP contribution in [0, 0.1) is 17.7 Å². The lowest BCUT2D eigenvalue weighted by atomic mass is 9.77. The SMILES string of the molecule is CO[C@@H]1C[C@H]2CN(c3nc(C(C)C)no3)C[C@H]2C[C@H]1n1cc(-c2ccccc2F)nn1. The van der Waals surface area contributed by atoms with E-state index in [-0.39, 0.29) is 23.9 Å². The van der Waals surface area contributed by atoms with Crippen molar-refractivity contribution in [3.63, 3.8) is 0 Å². The number of fused-ring (bicyclic) bond motifs is 1. The van der Waals surface area contributed by atoms with E-state index in [9.17, 15) is 4.39 Å². The molecule has 9 heteroatoms. The molecule has 0 unspecified atom stereocenters. The van der Waals surface area contributed by atoms with Gasteiger partial charge in [-0.2, -0.15) is 4.98 Å². The second-order valence-corrected chi connectivity index (χ2v) is 8.89. The molecule has 1 saturated carbocycles. The number of anilines is 1. The highest BCUT2D eigenvalue weighted by molar-refractivity contribution is 5.58. The summed E-state index contributed by atoms with van der Waals surface area (Å²) in [5.41, 5.74) is 0.996. The van der Waals surface area contributed by atoms with Crippen LogP contribution in [-0.2, 0) is 4.74 Å². The minimum Gasteiger partial charge on any atom is -0.379 e. The van der Waals surface area contributed by atoms with Crippen LogP contribution >= 0.6 is 0 Å². The van der Waals surface area contributed by atoms with Crippen LogP contribution in [0.15, 0.2) is 35.0 Å². The molecule has 0 radical (unpaired) electrons.